The number of amides is 1. The van der Waals surface area contributed by atoms with Crippen molar-refractivity contribution in [1.29, 1.82) is 0 Å². The van der Waals surface area contributed by atoms with Gasteiger partial charge in [-0.3, -0.25) is 9.69 Å². The molecule has 3 heterocycles. The molecule has 2 aliphatic rings. The maximum Gasteiger partial charge on any atom is 0.231 e. The molecule has 7 nitrogen and oxygen atoms in total. The molecule has 0 radical (unpaired) electrons. The van der Waals surface area contributed by atoms with Crippen LogP contribution in [-0.2, 0) is 11.3 Å². The van der Waals surface area contributed by atoms with Gasteiger partial charge in [-0.2, -0.15) is 0 Å². The maximum absolute atomic E-state index is 12.4. The number of rotatable bonds is 8. The molecule has 1 amide bonds. The van der Waals surface area contributed by atoms with Crippen LogP contribution < -0.4 is 14.8 Å². The fourth-order valence-corrected chi connectivity index (χ4v) is 5.10. The van der Waals surface area contributed by atoms with E-state index in [0.717, 1.165) is 55.1 Å². The van der Waals surface area contributed by atoms with Crippen molar-refractivity contribution in [2.75, 3.05) is 32.2 Å². The lowest BCUT2D eigenvalue weighted by molar-refractivity contribution is -0.118. The standard InChI is InChI=1S/C27H30N4O3S.C3H4/c1-19-4-7-22(8-5-19)23-13-29-27(30-14-23)35-17-26(32)28-12-21-3-2-10-31(16-21)15-20-6-9-24-25(11-20)34-18-33-24;1-3-2/h4-9,11,13-14,21H,2-3,10,12,15-18H2,1H3,(H,28,32);1H,2H3. The third kappa shape index (κ3) is 7.98. The first-order valence-corrected chi connectivity index (χ1v) is 13.8. The molecule has 1 unspecified atom stereocenters. The molecular formula is C30H34N4O3S. The van der Waals surface area contributed by atoms with Gasteiger partial charge in [0.25, 0.3) is 0 Å². The minimum absolute atomic E-state index is 0.0223. The lowest BCUT2D eigenvalue weighted by Crippen LogP contribution is -2.40. The number of nitrogens with one attached hydrogen (secondary N) is 1. The predicted molar refractivity (Wildman–Crippen MR) is 151 cm³/mol. The number of aryl methyl sites for hydroxylation is 1. The number of likely N-dealkylation sites (tertiary alicyclic amines) is 1. The second-order valence-electron chi connectivity index (χ2n) is 9.43. The van der Waals surface area contributed by atoms with Gasteiger partial charge in [-0.05, 0) is 62.4 Å². The topological polar surface area (TPSA) is 76.6 Å². The predicted octanol–water partition coefficient (Wildman–Crippen LogP) is 4.94. The average Bonchev–Trinajstić information content (AvgIpc) is 3.40. The molecular weight excluding hydrogens is 496 g/mol. The molecule has 2 aromatic carbocycles. The van der Waals surface area contributed by atoms with Crippen LogP contribution in [0.15, 0.2) is 60.0 Å². The van der Waals surface area contributed by atoms with Crippen LogP contribution in [0.3, 0.4) is 0 Å². The Morgan fingerprint density at radius 3 is 2.63 bits per heavy atom. The second-order valence-corrected chi connectivity index (χ2v) is 10.4. The Hall–Kier alpha value is -3.54. The summed E-state index contributed by atoms with van der Waals surface area (Å²) in [6.45, 7) is 7.65. The van der Waals surface area contributed by atoms with Gasteiger partial charge >= 0.3 is 0 Å². The quantitative estimate of drug-likeness (QED) is 0.251. The van der Waals surface area contributed by atoms with Gasteiger partial charge in [-0.15, -0.1) is 12.3 Å². The van der Waals surface area contributed by atoms with E-state index in [1.54, 1.807) is 6.92 Å². The summed E-state index contributed by atoms with van der Waals surface area (Å²) in [6.07, 6.45) is 10.5. The zero-order chi connectivity index (χ0) is 26.7. The van der Waals surface area contributed by atoms with Crippen LogP contribution in [0.1, 0.15) is 30.9 Å². The largest absolute Gasteiger partial charge is 0.454 e. The third-order valence-corrected chi connectivity index (χ3v) is 7.26. The number of piperidine rings is 1. The molecule has 0 spiro atoms. The number of thioether (sulfide) groups is 1. The van der Waals surface area contributed by atoms with Crippen molar-refractivity contribution in [2.45, 2.75) is 38.4 Å². The van der Waals surface area contributed by atoms with Gasteiger partial charge in [0.15, 0.2) is 16.7 Å². The number of hydrogen-bond acceptors (Lipinski definition) is 7. The molecule has 1 aromatic heterocycles. The third-order valence-electron chi connectivity index (χ3n) is 6.38. The molecule has 2 aliphatic heterocycles. The zero-order valence-electron chi connectivity index (χ0n) is 22.0. The van der Waals surface area contributed by atoms with Crippen LogP contribution in [-0.4, -0.2) is 53.0 Å². The summed E-state index contributed by atoms with van der Waals surface area (Å²) in [5.41, 5.74) is 4.51. The van der Waals surface area contributed by atoms with Crippen molar-refractivity contribution in [1.82, 2.24) is 20.2 Å². The highest BCUT2D eigenvalue weighted by atomic mass is 32.2. The SMILES string of the molecule is C#CC.Cc1ccc(-c2cnc(SCC(=O)NCC3CCCN(Cc4ccc5c(c4)OCO5)C3)nc2)cc1. The number of fused-ring (bicyclic) bond motifs is 1. The minimum atomic E-state index is 0.0223. The number of benzene rings is 2. The van der Waals surface area contributed by atoms with Gasteiger partial charge in [0.1, 0.15) is 0 Å². The highest BCUT2D eigenvalue weighted by Crippen LogP contribution is 2.33. The molecule has 0 aliphatic carbocycles. The number of terminal acetylenes is 1. The van der Waals surface area contributed by atoms with Gasteiger partial charge in [-0.1, -0.05) is 47.7 Å². The normalized spacial score (nSPS) is 16.2. The van der Waals surface area contributed by atoms with E-state index in [1.165, 1.54) is 22.9 Å². The van der Waals surface area contributed by atoms with Crippen LogP contribution in [0, 0.1) is 25.2 Å². The highest BCUT2D eigenvalue weighted by Gasteiger charge is 2.21. The number of hydrogen-bond donors (Lipinski definition) is 1. The smallest absolute Gasteiger partial charge is 0.231 e. The summed E-state index contributed by atoms with van der Waals surface area (Å²) in [6, 6.07) is 14.4. The lowest BCUT2D eigenvalue weighted by atomic mass is 9.97. The number of carbonyl (C=O) groups excluding carboxylic acids is 1. The van der Waals surface area contributed by atoms with Gasteiger partial charge in [0, 0.05) is 37.6 Å². The van der Waals surface area contributed by atoms with E-state index in [9.17, 15) is 4.79 Å². The molecule has 1 N–H and O–H groups in total. The zero-order valence-corrected chi connectivity index (χ0v) is 22.8. The molecule has 5 rings (SSSR count). The van der Waals surface area contributed by atoms with Gasteiger partial charge in [0.2, 0.25) is 12.7 Å². The van der Waals surface area contributed by atoms with Crippen LogP contribution in [0.25, 0.3) is 11.1 Å². The Morgan fingerprint density at radius 1 is 1.13 bits per heavy atom. The fraction of sp³-hybridized carbons (Fsp3) is 0.367. The Bertz CT molecular complexity index is 1240. The monoisotopic (exact) mass is 530 g/mol. The number of carbonyl (C=O) groups is 1. The Balaban J connectivity index is 0.00000107. The molecule has 38 heavy (non-hydrogen) atoms. The molecule has 1 atom stereocenters. The minimum Gasteiger partial charge on any atom is -0.454 e. The Labute approximate surface area is 229 Å². The number of nitrogens with zero attached hydrogens (tertiary/aromatic N) is 3. The van der Waals surface area contributed by atoms with Crippen LogP contribution >= 0.6 is 11.8 Å². The summed E-state index contributed by atoms with van der Waals surface area (Å²) in [4.78, 5) is 23.7. The fourth-order valence-electron chi connectivity index (χ4n) is 4.48. The first-order chi connectivity index (χ1) is 18.5. The molecule has 0 bridgehead atoms. The molecule has 198 valence electrons. The Morgan fingerprint density at radius 2 is 1.87 bits per heavy atom. The van der Waals surface area contributed by atoms with E-state index in [2.05, 4.69) is 75.9 Å². The van der Waals surface area contributed by atoms with Crippen LogP contribution in [0.2, 0.25) is 0 Å². The molecule has 0 saturated carbocycles. The van der Waals surface area contributed by atoms with Gasteiger partial charge in [-0.25, -0.2) is 9.97 Å². The second kappa shape index (κ2) is 13.8. The number of ether oxygens (including phenoxy) is 2. The van der Waals surface area contributed by atoms with Gasteiger partial charge < -0.3 is 14.8 Å². The van der Waals surface area contributed by atoms with E-state index in [1.807, 2.05) is 18.5 Å². The van der Waals surface area contributed by atoms with Crippen molar-refractivity contribution < 1.29 is 14.3 Å². The van der Waals surface area contributed by atoms with Crippen LogP contribution in [0.4, 0.5) is 0 Å². The molecule has 3 aromatic rings. The van der Waals surface area contributed by atoms with E-state index < -0.39 is 0 Å². The summed E-state index contributed by atoms with van der Waals surface area (Å²) >= 11 is 1.37. The summed E-state index contributed by atoms with van der Waals surface area (Å²) in [7, 11) is 0. The van der Waals surface area contributed by atoms with Crippen LogP contribution in [0.5, 0.6) is 11.5 Å². The summed E-state index contributed by atoms with van der Waals surface area (Å²) in [5, 5.41) is 3.72. The van der Waals surface area contributed by atoms with Gasteiger partial charge in [0.05, 0.1) is 5.75 Å². The highest BCUT2D eigenvalue weighted by molar-refractivity contribution is 7.99. The average molecular weight is 531 g/mol. The summed E-state index contributed by atoms with van der Waals surface area (Å²) in [5.74, 6) is 4.69. The van der Waals surface area contributed by atoms with Crippen molar-refractivity contribution in [3.8, 4) is 35.0 Å². The van der Waals surface area contributed by atoms with Crippen molar-refractivity contribution in [2.24, 2.45) is 5.92 Å². The van der Waals surface area contributed by atoms with E-state index in [4.69, 9.17) is 9.47 Å². The van der Waals surface area contributed by atoms with Crippen molar-refractivity contribution in [3.05, 3.63) is 66.0 Å². The van der Waals surface area contributed by atoms with E-state index in [0.29, 0.717) is 30.2 Å². The first-order valence-electron chi connectivity index (χ1n) is 12.8. The molecule has 8 heteroatoms. The molecule has 1 fully saturated rings. The van der Waals surface area contributed by atoms with E-state index in [-0.39, 0.29) is 5.91 Å². The lowest BCUT2D eigenvalue weighted by Gasteiger charge is -2.32. The van der Waals surface area contributed by atoms with E-state index >= 15 is 0 Å². The van der Waals surface area contributed by atoms with Crippen molar-refractivity contribution in [3.63, 3.8) is 0 Å². The number of aromatic nitrogens is 2. The molecule has 1 saturated heterocycles. The van der Waals surface area contributed by atoms with Crippen molar-refractivity contribution >= 4 is 17.7 Å². The maximum atomic E-state index is 12.4. The first kappa shape index (κ1) is 27.5. The summed E-state index contributed by atoms with van der Waals surface area (Å²) < 4.78 is 10.9. The Kier molecular flexibility index (Phi) is 10.0.